The lowest BCUT2D eigenvalue weighted by molar-refractivity contribution is -0.119. The number of aliphatic imine (C=N–C) groups is 2. The second kappa shape index (κ2) is 9.64. The quantitative estimate of drug-likeness (QED) is 0.547. The van der Waals surface area contributed by atoms with Crippen LogP contribution in [0.5, 0.6) is 0 Å². The maximum absolute atomic E-state index is 13.2. The smallest absolute Gasteiger partial charge is 0.251 e. The van der Waals surface area contributed by atoms with Crippen molar-refractivity contribution in [3.8, 4) is 0 Å². The summed E-state index contributed by atoms with van der Waals surface area (Å²) < 4.78 is 0. The Morgan fingerprint density at radius 1 is 1.15 bits per heavy atom. The molecule has 1 atom stereocenters. The number of pyridine rings is 1. The first-order valence-corrected chi connectivity index (χ1v) is 11.8. The van der Waals surface area contributed by atoms with Gasteiger partial charge in [0.1, 0.15) is 5.84 Å². The van der Waals surface area contributed by atoms with Crippen molar-refractivity contribution in [3.05, 3.63) is 66.1 Å². The van der Waals surface area contributed by atoms with Crippen LogP contribution in [0.4, 0.5) is 11.4 Å². The van der Waals surface area contributed by atoms with E-state index in [1.807, 2.05) is 54.4 Å². The average Bonchev–Trinajstić information content (AvgIpc) is 3.26. The van der Waals surface area contributed by atoms with E-state index in [4.69, 9.17) is 15.7 Å². The molecule has 5 N–H and O–H groups in total. The minimum absolute atomic E-state index is 0.138. The van der Waals surface area contributed by atoms with Crippen molar-refractivity contribution in [1.29, 1.82) is 0 Å². The number of carbonyl (C=O) groups is 1. The molecule has 0 saturated heterocycles. The Balaban J connectivity index is 1.39. The lowest BCUT2D eigenvalue weighted by Gasteiger charge is -2.33. The maximum Gasteiger partial charge on any atom is 0.251 e. The van der Waals surface area contributed by atoms with E-state index in [1.54, 1.807) is 12.3 Å². The molecule has 1 aromatic carbocycles. The van der Waals surface area contributed by atoms with Crippen LogP contribution >= 0.6 is 0 Å². The summed E-state index contributed by atoms with van der Waals surface area (Å²) in [5.41, 5.74) is 12.7. The molecule has 2 aliphatic heterocycles. The average molecular weight is 459 g/mol. The summed E-state index contributed by atoms with van der Waals surface area (Å²) in [5.74, 6) is 1.28. The molecule has 3 heterocycles. The topological polar surface area (TPSA) is 120 Å². The number of amides is 1. The fourth-order valence-electron chi connectivity index (χ4n) is 4.49. The Morgan fingerprint density at radius 2 is 1.94 bits per heavy atom. The van der Waals surface area contributed by atoms with Crippen molar-refractivity contribution in [2.24, 2.45) is 15.7 Å². The summed E-state index contributed by atoms with van der Waals surface area (Å²) in [4.78, 5) is 27.1. The van der Waals surface area contributed by atoms with Crippen molar-refractivity contribution < 1.29 is 4.79 Å². The Morgan fingerprint density at radius 3 is 2.71 bits per heavy atom. The van der Waals surface area contributed by atoms with Gasteiger partial charge in [-0.05, 0) is 56.9 Å². The highest BCUT2D eigenvalue weighted by Gasteiger charge is 2.38. The fourth-order valence-corrected chi connectivity index (χ4v) is 4.49. The molecule has 1 fully saturated rings. The van der Waals surface area contributed by atoms with E-state index in [-0.39, 0.29) is 18.0 Å². The number of carbonyl (C=O) groups excluding carboxylic acids is 1. The lowest BCUT2D eigenvalue weighted by atomic mass is 9.92. The number of aromatic nitrogens is 1. The molecule has 1 aliphatic carbocycles. The third-order valence-electron chi connectivity index (χ3n) is 6.29. The van der Waals surface area contributed by atoms with Crippen LogP contribution in [0.2, 0.25) is 0 Å². The Hall–Kier alpha value is -3.72. The first-order valence-electron chi connectivity index (χ1n) is 11.8. The zero-order valence-electron chi connectivity index (χ0n) is 19.2. The maximum atomic E-state index is 13.2. The van der Waals surface area contributed by atoms with Gasteiger partial charge in [-0.2, -0.15) is 0 Å². The molecule has 1 aromatic heterocycles. The number of rotatable bonds is 5. The monoisotopic (exact) mass is 458 g/mol. The van der Waals surface area contributed by atoms with Crippen LogP contribution in [0, 0.1) is 6.92 Å². The predicted molar refractivity (Wildman–Crippen MR) is 134 cm³/mol. The molecular weight excluding hydrogens is 428 g/mol. The third-order valence-corrected chi connectivity index (χ3v) is 6.29. The number of nitrogens with two attached hydrogens (primary N) is 1. The molecule has 2 aromatic rings. The van der Waals surface area contributed by atoms with E-state index in [0.717, 1.165) is 48.6 Å². The zero-order valence-corrected chi connectivity index (χ0v) is 19.2. The molecular formula is C25H30N8O. The number of nitrogens with one attached hydrogen (secondary N) is 3. The third kappa shape index (κ3) is 4.94. The van der Waals surface area contributed by atoms with E-state index in [9.17, 15) is 4.79 Å². The fraction of sp³-hybridized carbons (Fsp3) is 0.360. The molecule has 5 rings (SSSR count). The largest absolute Gasteiger partial charge is 0.352 e. The van der Waals surface area contributed by atoms with E-state index in [2.05, 4.69) is 21.0 Å². The van der Waals surface area contributed by atoms with Crippen molar-refractivity contribution in [2.75, 3.05) is 17.2 Å². The summed E-state index contributed by atoms with van der Waals surface area (Å²) >= 11 is 0. The van der Waals surface area contributed by atoms with E-state index in [0.29, 0.717) is 18.1 Å². The summed E-state index contributed by atoms with van der Waals surface area (Å²) in [6.07, 6.45) is 7.55. The first-order chi connectivity index (χ1) is 16.5. The van der Waals surface area contributed by atoms with Gasteiger partial charge in [0.15, 0.2) is 11.9 Å². The highest BCUT2D eigenvalue weighted by Crippen LogP contribution is 2.24. The standard InChI is InChI=1S/C25H30N8O/c1-16-13-20(11-12-27-16)31-25(34)22-15-28-24-21(29-18-5-3-2-4-6-18)14-23(32-33(22)24)30-19-9-7-17(26)8-10-19/h2-6,11-14,17,19,22,29H,7-10,15,26H2,1H3,(H,30,32)(H,27,31,34). The number of fused-ring (bicyclic) bond motifs is 1. The van der Waals surface area contributed by atoms with Crippen molar-refractivity contribution >= 4 is 29.0 Å². The van der Waals surface area contributed by atoms with Crippen molar-refractivity contribution in [3.63, 3.8) is 0 Å². The zero-order chi connectivity index (χ0) is 23.5. The van der Waals surface area contributed by atoms with E-state index >= 15 is 0 Å². The van der Waals surface area contributed by atoms with Crippen LogP contribution in [-0.2, 0) is 4.79 Å². The summed E-state index contributed by atoms with van der Waals surface area (Å²) in [7, 11) is 0. The van der Waals surface area contributed by atoms with Gasteiger partial charge in [0.05, 0.1) is 18.3 Å². The lowest BCUT2D eigenvalue weighted by Crippen LogP contribution is -2.57. The Kier molecular flexibility index (Phi) is 6.27. The van der Waals surface area contributed by atoms with Gasteiger partial charge in [0, 0.05) is 35.4 Å². The molecule has 1 saturated carbocycles. The number of nitrogens with zero attached hydrogens (tertiary/aromatic N) is 4. The molecule has 0 bridgehead atoms. The summed E-state index contributed by atoms with van der Waals surface area (Å²) in [5, 5.41) is 8.27. The Bertz CT molecular complexity index is 1130. The SMILES string of the molecule is Cc1cc(NC(=O)C2CN=C3C(Nc4ccccc4)=CC(=NC4CCC(N)CC4)NN32)ccn1. The first kappa shape index (κ1) is 22.1. The molecule has 0 radical (unpaired) electrons. The molecule has 9 heteroatoms. The highest BCUT2D eigenvalue weighted by molar-refractivity contribution is 6.14. The highest BCUT2D eigenvalue weighted by atomic mass is 16.2. The molecule has 176 valence electrons. The molecule has 0 spiro atoms. The number of hydrazine groups is 1. The number of aryl methyl sites for hydroxylation is 1. The Labute approximate surface area is 199 Å². The molecule has 9 nitrogen and oxygen atoms in total. The molecule has 34 heavy (non-hydrogen) atoms. The van der Waals surface area contributed by atoms with Gasteiger partial charge >= 0.3 is 0 Å². The van der Waals surface area contributed by atoms with Gasteiger partial charge in [-0.3, -0.25) is 30.2 Å². The summed E-state index contributed by atoms with van der Waals surface area (Å²) in [6, 6.07) is 13.5. The van der Waals surface area contributed by atoms with E-state index in [1.165, 1.54) is 0 Å². The summed E-state index contributed by atoms with van der Waals surface area (Å²) in [6.45, 7) is 2.24. The van der Waals surface area contributed by atoms with Crippen LogP contribution in [0.15, 0.2) is 70.4 Å². The van der Waals surface area contributed by atoms with Gasteiger partial charge in [0.2, 0.25) is 0 Å². The number of anilines is 2. The van der Waals surface area contributed by atoms with Crippen LogP contribution < -0.4 is 21.8 Å². The normalized spacial score (nSPS) is 25.2. The van der Waals surface area contributed by atoms with Crippen molar-refractivity contribution in [1.82, 2.24) is 15.4 Å². The van der Waals surface area contributed by atoms with Crippen molar-refractivity contribution in [2.45, 2.75) is 50.7 Å². The van der Waals surface area contributed by atoms with Gasteiger partial charge in [0.25, 0.3) is 5.91 Å². The van der Waals surface area contributed by atoms with Crippen LogP contribution in [0.1, 0.15) is 31.4 Å². The number of hydrogen-bond acceptors (Lipinski definition) is 7. The number of para-hydroxylation sites is 1. The molecule has 1 amide bonds. The number of benzene rings is 1. The van der Waals surface area contributed by atoms with Crippen LogP contribution in [0.3, 0.4) is 0 Å². The predicted octanol–water partition coefficient (Wildman–Crippen LogP) is 2.59. The second-order valence-corrected chi connectivity index (χ2v) is 8.97. The molecule has 3 aliphatic rings. The van der Waals surface area contributed by atoms with Gasteiger partial charge < -0.3 is 16.4 Å². The minimum atomic E-state index is -0.505. The van der Waals surface area contributed by atoms with E-state index < -0.39 is 6.04 Å². The second-order valence-electron chi connectivity index (χ2n) is 8.97. The van der Waals surface area contributed by atoms with Crippen LogP contribution in [0.25, 0.3) is 0 Å². The molecule has 1 unspecified atom stereocenters. The van der Waals surface area contributed by atoms with Crippen LogP contribution in [-0.4, -0.2) is 52.2 Å². The number of amidine groups is 2. The van der Waals surface area contributed by atoms with Gasteiger partial charge in [-0.1, -0.05) is 18.2 Å². The number of hydrogen-bond donors (Lipinski definition) is 4. The van der Waals surface area contributed by atoms with Gasteiger partial charge in [-0.15, -0.1) is 0 Å². The minimum Gasteiger partial charge on any atom is -0.352 e. The van der Waals surface area contributed by atoms with Gasteiger partial charge in [-0.25, -0.2) is 0 Å².